The zero-order valence-electron chi connectivity index (χ0n) is 8.32. The van der Waals surface area contributed by atoms with E-state index >= 15 is 0 Å². The van der Waals surface area contributed by atoms with Crippen LogP contribution in [0.5, 0.6) is 0 Å². The van der Waals surface area contributed by atoms with Crippen molar-refractivity contribution in [3.63, 3.8) is 0 Å². The van der Waals surface area contributed by atoms with Crippen LogP contribution in [-0.2, 0) is 9.59 Å². The second-order valence-corrected chi connectivity index (χ2v) is 3.14. The number of aliphatic hydroxyl groups is 1. The molecule has 0 spiro atoms. The summed E-state index contributed by atoms with van der Waals surface area (Å²) in [6.07, 6.45) is 0.753. The summed E-state index contributed by atoms with van der Waals surface area (Å²) >= 11 is 0. The Morgan fingerprint density at radius 1 is 1.36 bits per heavy atom. The van der Waals surface area contributed by atoms with Gasteiger partial charge in [-0.15, -0.1) is 0 Å². The van der Waals surface area contributed by atoms with Crippen molar-refractivity contribution in [1.29, 1.82) is 0 Å². The van der Waals surface area contributed by atoms with Crippen molar-refractivity contribution < 1.29 is 19.8 Å². The third-order valence-corrected chi connectivity index (χ3v) is 1.72. The van der Waals surface area contributed by atoms with E-state index in [4.69, 9.17) is 5.11 Å². The minimum Gasteiger partial charge on any atom is -0.481 e. The Bertz CT molecular complexity index is 193. The molecule has 1 amide bonds. The first-order valence-electron chi connectivity index (χ1n) is 4.72. The third-order valence-electron chi connectivity index (χ3n) is 1.72. The van der Waals surface area contributed by atoms with E-state index in [9.17, 15) is 14.7 Å². The van der Waals surface area contributed by atoms with E-state index in [0.717, 1.165) is 6.42 Å². The van der Waals surface area contributed by atoms with Crippen LogP contribution in [0.25, 0.3) is 0 Å². The number of aliphatic carboxylic acids is 1. The molecule has 0 aromatic carbocycles. The minimum atomic E-state index is -0.991. The molecule has 0 aliphatic heterocycles. The van der Waals surface area contributed by atoms with Gasteiger partial charge in [-0.1, -0.05) is 13.3 Å². The summed E-state index contributed by atoms with van der Waals surface area (Å²) in [4.78, 5) is 21.1. The van der Waals surface area contributed by atoms with E-state index in [1.807, 2.05) is 6.92 Å². The van der Waals surface area contributed by atoms with Crippen molar-refractivity contribution >= 4 is 11.9 Å². The zero-order valence-corrected chi connectivity index (χ0v) is 8.32. The van der Waals surface area contributed by atoms with Crippen LogP contribution < -0.4 is 5.32 Å². The van der Waals surface area contributed by atoms with Gasteiger partial charge in [0, 0.05) is 13.0 Å². The van der Waals surface area contributed by atoms with Crippen molar-refractivity contribution in [3.05, 3.63) is 0 Å². The molecule has 0 heterocycles. The van der Waals surface area contributed by atoms with E-state index < -0.39 is 12.1 Å². The summed E-state index contributed by atoms with van der Waals surface area (Å²) in [6.45, 7) is 2.14. The number of carboxylic acid groups (broad SMARTS) is 1. The van der Waals surface area contributed by atoms with Gasteiger partial charge in [0.15, 0.2) is 0 Å². The van der Waals surface area contributed by atoms with Gasteiger partial charge in [0.1, 0.15) is 0 Å². The summed E-state index contributed by atoms with van der Waals surface area (Å²) in [5.41, 5.74) is 0. The maximum Gasteiger partial charge on any atom is 0.303 e. The second-order valence-electron chi connectivity index (χ2n) is 3.14. The molecule has 0 aliphatic carbocycles. The number of carbonyl (C=O) groups is 2. The van der Waals surface area contributed by atoms with Gasteiger partial charge < -0.3 is 15.5 Å². The molecule has 3 N–H and O–H groups in total. The smallest absolute Gasteiger partial charge is 0.303 e. The summed E-state index contributed by atoms with van der Waals surface area (Å²) < 4.78 is 0. The molecule has 0 rings (SSSR count). The van der Waals surface area contributed by atoms with Gasteiger partial charge in [0.2, 0.25) is 5.91 Å². The predicted molar refractivity (Wildman–Crippen MR) is 50.8 cm³/mol. The Balaban J connectivity index is 3.48. The van der Waals surface area contributed by atoms with Gasteiger partial charge in [0.25, 0.3) is 0 Å². The quantitative estimate of drug-likeness (QED) is 0.549. The fourth-order valence-electron chi connectivity index (χ4n) is 0.976. The number of rotatable bonds is 7. The number of carboxylic acids is 1. The molecule has 1 atom stereocenters. The maximum absolute atomic E-state index is 11.0. The van der Waals surface area contributed by atoms with Crippen LogP contribution in [0.2, 0.25) is 0 Å². The van der Waals surface area contributed by atoms with Gasteiger partial charge in [-0.2, -0.15) is 0 Å². The summed E-state index contributed by atoms with van der Waals surface area (Å²) in [5, 5.41) is 20.0. The van der Waals surface area contributed by atoms with E-state index in [1.54, 1.807) is 0 Å². The SMILES string of the molecule is CCCC(O)CNC(=O)CCC(=O)O. The van der Waals surface area contributed by atoms with Crippen molar-refractivity contribution in [3.8, 4) is 0 Å². The Morgan fingerprint density at radius 3 is 2.50 bits per heavy atom. The summed E-state index contributed by atoms with van der Waals surface area (Å²) in [6, 6.07) is 0. The van der Waals surface area contributed by atoms with Crippen molar-refractivity contribution in [2.75, 3.05) is 6.54 Å². The molecular formula is C9H17NO4. The lowest BCUT2D eigenvalue weighted by Crippen LogP contribution is -2.32. The molecule has 14 heavy (non-hydrogen) atoms. The molecule has 82 valence electrons. The average Bonchev–Trinajstić information content (AvgIpc) is 2.12. The summed E-state index contributed by atoms with van der Waals surface area (Å²) in [7, 11) is 0. The van der Waals surface area contributed by atoms with E-state index in [-0.39, 0.29) is 25.3 Å². The normalized spacial score (nSPS) is 12.1. The first kappa shape index (κ1) is 12.9. The predicted octanol–water partition coefficient (Wildman–Crippen LogP) is 0.128. The second kappa shape index (κ2) is 7.32. The molecule has 1 unspecified atom stereocenters. The van der Waals surface area contributed by atoms with Crippen LogP contribution in [0.1, 0.15) is 32.6 Å². The molecule has 0 saturated carbocycles. The Morgan fingerprint density at radius 2 is 2.00 bits per heavy atom. The van der Waals surface area contributed by atoms with Crippen molar-refractivity contribution in [2.24, 2.45) is 0 Å². The molecule has 0 bridgehead atoms. The fraction of sp³-hybridized carbons (Fsp3) is 0.778. The van der Waals surface area contributed by atoms with Crippen LogP contribution in [0.15, 0.2) is 0 Å². The zero-order chi connectivity index (χ0) is 11.0. The first-order chi connectivity index (χ1) is 6.56. The minimum absolute atomic E-state index is 0.0336. The fourth-order valence-corrected chi connectivity index (χ4v) is 0.976. The molecule has 5 nitrogen and oxygen atoms in total. The molecule has 5 heteroatoms. The standard InChI is InChI=1S/C9H17NO4/c1-2-3-7(11)6-10-8(12)4-5-9(13)14/h7,11H,2-6H2,1H3,(H,10,12)(H,13,14). The van der Waals surface area contributed by atoms with Crippen LogP contribution in [0, 0.1) is 0 Å². The summed E-state index contributed by atoms with van der Waals surface area (Å²) in [5.74, 6) is -1.32. The lowest BCUT2D eigenvalue weighted by Gasteiger charge is -2.09. The molecule has 0 aliphatic rings. The third kappa shape index (κ3) is 7.54. The van der Waals surface area contributed by atoms with E-state index in [0.29, 0.717) is 6.42 Å². The van der Waals surface area contributed by atoms with E-state index in [1.165, 1.54) is 0 Å². The molecule has 0 aromatic heterocycles. The van der Waals surface area contributed by atoms with Crippen molar-refractivity contribution in [2.45, 2.75) is 38.7 Å². The lowest BCUT2D eigenvalue weighted by atomic mass is 10.2. The number of amides is 1. The van der Waals surface area contributed by atoms with Crippen LogP contribution in [0.3, 0.4) is 0 Å². The van der Waals surface area contributed by atoms with Gasteiger partial charge in [0.05, 0.1) is 12.5 Å². The monoisotopic (exact) mass is 203 g/mol. The van der Waals surface area contributed by atoms with Gasteiger partial charge in [-0.25, -0.2) is 0 Å². The Hall–Kier alpha value is -1.10. The Kier molecular flexibility index (Phi) is 6.74. The molecular weight excluding hydrogens is 186 g/mol. The van der Waals surface area contributed by atoms with Crippen LogP contribution >= 0.6 is 0 Å². The highest BCUT2D eigenvalue weighted by Gasteiger charge is 2.07. The topological polar surface area (TPSA) is 86.6 Å². The largest absolute Gasteiger partial charge is 0.481 e. The van der Waals surface area contributed by atoms with Crippen LogP contribution in [0.4, 0.5) is 0 Å². The Labute approximate surface area is 83.1 Å². The van der Waals surface area contributed by atoms with Crippen molar-refractivity contribution in [1.82, 2.24) is 5.32 Å². The highest BCUT2D eigenvalue weighted by atomic mass is 16.4. The number of hydrogen-bond acceptors (Lipinski definition) is 3. The molecule has 0 fully saturated rings. The number of nitrogens with one attached hydrogen (secondary N) is 1. The number of aliphatic hydroxyl groups excluding tert-OH is 1. The highest BCUT2D eigenvalue weighted by Crippen LogP contribution is 1.94. The first-order valence-corrected chi connectivity index (χ1v) is 4.72. The van der Waals surface area contributed by atoms with Crippen LogP contribution in [-0.4, -0.2) is 34.7 Å². The van der Waals surface area contributed by atoms with E-state index in [2.05, 4.69) is 5.32 Å². The molecule has 0 aromatic rings. The maximum atomic E-state index is 11.0. The lowest BCUT2D eigenvalue weighted by molar-refractivity contribution is -0.138. The van der Waals surface area contributed by atoms with Gasteiger partial charge >= 0.3 is 5.97 Å². The number of carbonyl (C=O) groups excluding carboxylic acids is 1. The molecule has 0 radical (unpaired) electrons. The van der Waals surface area contributed by atoms with Gasteiger partial charge in [-0.3, -0.25) is 9.59 Å². The average molecular weight is 203 g/mol. The number of hydrogen-bond donors (Lipinski definition) is 3. The molecule has 0 saturated heterocycles. The van der Waals surface area contributed by atoms with Gasteiger partial charge in [-0.05, 0) is 6.42 Å². The highest BCUT2D eigenvalue weighted by molar-refractivity contribution is 5.80.